The first-order chi connectivity index (χ1) is 17.8. The Balaban J connectivity index is 1.55. The summed E-state index contributed by atoms with van der Waals surface area (Å²) in [6.07, 6.45) is 5.39. The van der Waals surface area contributed by atoms with Gasteiger partial charge < -0.3 is 15.6 Å². The van der Waals surface area contributed by atoms with Gasteiger partial charge in [-0.2, -0.15) is 0 Å². The second kappa shape index (κ2) is 12.5. The molecule has 2 amide bonds. The number of nitrogens with one attached hydrogen (secondary N) is 1. The minimum atomic E-state index is -0.318. The molecule has 1 saturated heterocycles. The van der Waals surface area contributed by atoms with E-state index >= 15 is 0 Å². The van der Waals surface area contributed by atoms with E-state index in [1.807, 2.05) is 18.2 Å². The fourth-order valence-electron chi connectivity index (χ4n) is 4.84. The van der Waals surface area contributed by atoms with Crippen LogP contribution in [0.5, 0.6) is 0 Å². The highest BCUT2D eigenvalue weighted by Crippen LogP contribution is 2.28. The minimum absolute atomic E-state index is 0.0103. The maximum Gasteiger partial charge on any atom is 0.223 e. The third kappa shape index (κ3) is 7.53. The minimum Gasteiger partial charge on any atom is -0.369 e. The van der Waals surface area contributed by atoms with E-state index in [2.05, 4.69) is 14.9 Å². The molecule has 1 aromatic heterocycles. The number of halogens is 3. The fraction of sp³-hybridized carbons (Fsp3) is 0.370. The van der Waals surface area contributed by atoms with Gasteiger partial charge in [-0.25, -0.2) is 9.37 Å². The number of likely N-dealkylation sites (tertiary alicyclic amines) is 1. The lowest BCUT2D eigenvalue weighted by molar-refractivity contribution is -0.135. The van der Waals surface area contributed by atoms with E-state index in [-0.39, 0.29) is 36.0 Å². The molecule has 37 heavy (non-hydrogen) atoms. The van der Waals surface area contributed by atoms with Crippen molar-refractivity contribution in [1.82, 2.24) is 19.8 Å². The van der Waals surface area contributed by atoms with Gasteiger partial charge in [0.25, 0.3) is 0 Å². The Hall–Kier alpha value is -2.94. The standard InChI is InChI=1S/C27H30Cl2FN5O2/c28-21-12-19(13-22(29)16-21)15-24(27-32-7-8-33-27)35(17-18-2-1-3-23(30)14-18)11-6-25(36)34-9-4-20(5-10-34)26(31)37/h1-3,7-8,12-14,16,20,24H,4-6,9-11,15,17H2,(H2,31,37)(H,32,33). The van der Waals surface area contributed by atoms with Gasteiger partial charge in [0.05, 0.1) is 6.04 Å². The highest BCUT2D eigenvalue weighted by Gasteiger charge is 2.28. The van der Waals surface area contributed by atoms with Crippen LogP contribution in [0.4, 0.5) is 4.39 Å². The maximum atomic E-state index is 14.0. The molecule has 0 saturated carbocycles. The molecular weight excluding hydrogens is 516 g/mol. The first-order valence-corrected chi connectivity index (χ1v) is 13.0. The molecule has 0 radical (unpaired) electrons. The topological polar surface area (TPSA) is 95.3 Å². The average Bonchev–Trinajstić information content (AvgIpc) is 3.39. The van der Waals surface area contributed by atoms with Gasteiger partial charge >= 0.3 is 0 Å². The first-order valence-electron chi connectivity index (χ1n) is 12.3. The summed E-state index contributed by atoms with van der Waals surface area (Å²) in [4.78, 5) is 36.2. The van der Waals surface area contributed by atoms with E-state index in [4.69, 9.17) is 28.9 Å². The highest BCUT2D eigenvalue weighted by atomic mass is 35.5. The van der Waals surface area contributed by atoms with Gasteiger partial charge in [-0.15, -0.1) is 0 Å². The predicted molar refractivity (Wildman–Crippen MR) is 141 cm³/mol. The molecule has 1 unspecified atom stereocenters. The summed E-state index contributed by atoms with van der Waals surface area (Å²) in [6, 6.07) is 11.6. The summed E-state index contributed by atoms with van der Waals surface area (Å²) >= 11 is 12.5. The Morgan fingerprint density at radius 3 is 2.49 bits per heavy atom. The van der Waals surface area contributed by atoms with Gasteiger partial charge in [0.2, 0.25) is 11.8 Å². The highest BCUT2D eigenvalue weighted by molar-refractivity contribution is 6.34. The van der Waals surface area contributed by atoms with Crippen LogP contribution in [-0.4, -0.2) is 51.2 Å². The quantitative estimate of drug-likeness (QED) is 0.384. The smallest absolute Gasteiger partial charge is 0.223 e. The van der Waals surface area contributed by atoms with Crippen LogP contribution >= 0.6 is 23.2 Å². The van der Waals surface area contributed by atoms with E-state index < -0.39 is 0 Å². The summed E-state index contributed by atoms with van der Waals surface area (Å²) in [7, 11) is 0. The Morgan fingerprint density at radius 2 is 1.86 bits per heavy atom. The van der Waals surface area contributed by atoms with Crippen LogP contribution in [0.3, 0.4) is 0 Å². The number of nitrogens with zero attached hydrogens (tertiary/aromatic N) is 3. The zero-order valence-electron chi connectivity index (χ0n) is 20.4. The molecule has 1 atom stereocenters. The number of nitrogens with two attached hydrogens (primary N) is 1. The number of hydrogen-bond donors (Lipinski definition) is 2. The summed E-state index contributed by atoms with van der Waals surface area (Å²) in [6.45, 7) is 1.86. The molecule has 0 aliphatic carbocycles. The molecule has 196 valence electrons. The largest absolute Gasteiger partial charge is 0.369 e. The van der Waals surface area contributed by atoms with Crippen LogP contribution in [0.2, 0.25) is 10.0 Å². The molecule has 2 heterocycles. The number of carbonyl (C=O) groups is 2. The number of aromatic nitrogens is 2. The van der Waals surface area contributed by atoms with E-state index in [1.165, 1.54) is 12.1 Å². The number of rotatable bonds is 10. The van der Waals surface area contributed by atoms with Crippen molar-refractivity contribution in [3.05, 3.63) is 87.7 Å². The Kier molecular flexibility index (Phi) is 9.18. The average molecular weight is 546 g/mol. The SMILES string of the molecule is NC(=O)C1CCN(C(=O)CCN(Cc2cccc(F)c2)C(Cc2cc(Cl)cc(Cl)c2)c2ncc[nH]2)CC1. The zero-order valence-corrected chi connectivity index (χ0v) is 21.9. The van der Waals surface area contributed by atoms with E-state index in [9.17, 15) is 14.0 Å². The van der Waals surface area contributed by atoms with Crippen molar-refractivity contribution in [2.75, 3.05) is 19.6 Å². The van der Waals surface area contributed by atoms with E-state index in [0.29, 0.717) is 55.5 Å². The number of imidazole rings is 1. The van der Waals surface area contributed by atoms with Crippen molar-refractivity contribution in [1.29, 1.82) is 0 Å². The van der Waals surface area contributed by atoms with Gasteiger partial charge in [-0.1, -0.05) is 35.3 Å². The summed E-state index contributed by atoms with van der Waals surface area (Å²) in [5.41, 5.74) is 7.14. The molecule has 1 aliphatic rings. The van der Waals surface area contributed by atoms with Gasteiger partial charge in [-0.05, 0) is 60.7 Å². The van der Waals surface area contributed by atoms with Crippen LogP contribution < -0.4 is 5.73 Å². The number of amides is 2. The van der Waals surface area contributed by atoms with E-state index in [1.54, 1.807) is 29.4 Å². The van der Waals surface area contributed by atoms with Crippen LogP contribution in [0.1, 0.15) is 42.3 Å². The first kappa shape index (κ1) is 27.1. The Morgan fingerprint density at radius 1 is 1.14 bits per heavy atom. The lowest BCUT2D eigenvalue weighted by atomic mass is 9.96. The molecule has 1 aliphatic heterocycles. The van der Waals surface area contributed by atoms with Gasteiger partial charge in [-0.3, -0.25) is 14.5 Å². The van der Waals surface area contributed by atoms with Crippen molar-refractivity contribution in [3.63, 3.8) is 0 Å². The fourth-order valence-corrected chi connectivity index (χ4v) is 5.41. The molecule has 4 rings (SSSR count). The van der Waals surface area contributed by atoms with Gasteiger partial charge in [0.1, 0.15) is 11.6 Å². The van der Waals surface area contributed by atoms with E-state index in [0.717, 1.165) is 17.0 Å². The van der Waals surface area contributed by atoms with Gasteiger partial charge in [0.15, 0.2) is 0 Å². The molecular formula is C27H30Cl2FN5O2. The van der Waals surface area contributed by atoms with Crippen molar-refractivity contribution in [3.8, 4) is 0 Å². The number of piperidine rings is 1. The Labute approximate surface area is 225 Å². The molecule has 10 heteroatoms. The molecule has 0 spiro atoms. The maximum absolute atomic E-state index is 14.0. The number of aromatic amines is 1. The second-order valence-electron chi connectivity index (χ2n) is 9.38. The zero-order chi connectivity index (χ0) is 26.4. The van der Waals surface area contributed by atoms with Crippen LogP contribution in [0, 0.1) is 11.7 Å². The number of hydrogen-bond acceptors (Lipinski definition) is 4. The lowest BCUT2D eigenvalue weighted by Gasteiger charge is -2.33. The molecule has 3 aromatic rings. The summed E-state index contributed by atoms with van der Waals surface area (Å²) < 4.78 is 14.0. The molecule has 7 nitrogen and oxygen atoms in total. The van der Waals surface area contributed by atoms with Gasteiger partial charge in [0, 0.05) is 61.0 Å². The number of benzene rings is 2. The lowest BCUT2D eigenvalue weighted by Crippen LogP contribution is -2.43. The predicted octanol–water partition coefficient (Wildman–Crippen LogP) is 4.76. The Bertz CT molecular complexity index is 1200. The summed E-state index contributed by atoms with van der Waals surface area (Å²) in [5, 5.41) is 1.07. The normalized spacial score (nSPS) is 15.2. The molecule has 0 bridgehead atoms. The van der Waals surface area contributed by atoms with Crippen LogP contribution in [-0.2, 0) is 22.6 Å². The second-order valence-corrected chi connectivity index (χ2v) is 10.3. The third-order valence-corrected chi connectivity index (χ3v) is 7.20. The van der Waals surface area contributed by atoms with Crippen molar-refractivity contribution in [2.45, 2.75) is 38.3 Å². The van der Waals surface area contributed by atoms with Crippen molar-refractivity contribution < 1.29 is 14.0 Å². The van der Waals surface area contributed by atoms with Crippen LogP contribution in [0.25, 0.3) is 0 Å². The third-order valence-electron chi connectivity index (χ3n) is 6.76. The summed E-state index contributed by atoms with van der Waals surface area (Å²) in [5.74, 6) is -0.0717. The van der Waals surface area contributed by atoms with Crippen LogP contribution in [0.15, 0.2) is 54.9 Å². The number of primary amides is 1. The number of H-pyrrole nitrogens is 1. The molecule has 1 fully saturated rings. The molecule has 2 aromatic carbocycles. The van der Waals surface area contributed by atoms with Crippen molar-refractivity contribution >= 4 is 35.0 Å². The number of carbonyl (C=O) groups excluding carboxylic acids is 2. The molecule has 3 N–H and O–H groups in total. The van der Waals surface area contributed by atoms with Crippen molar-refractivity contribution in [2.24, 2.45) is 11.7 Å². The monoisotopic (exact) mass is 545 g/mol.